The van der Waals surface area contributed by atoms with E-state index in [1.165, 1.54) is 13.2 Å². The highest BCUT2D eigenvalue weighted by Gasteiger charge is 2.03. The number of nitriles is 1. The lowest BCUT2D eigenvalue weighted by Gasteiger charge is -2.00. The van der Waals surface area contributed by atoms with Gasteiger partial charge in [-0.15, -0.1) is 0 Å². The molecule has 4 heteroatoms. The molecule has 12 heavy (non-hydrogen) atoms. The smallest absolute Gasteiger partial charge is 0.255 e. The van der Waals surface area contributed by atoms with Crippen LogP contribution in [0.1, 0.15) is 5.69 Å². The highest BCUT2D eigenvalue weighted by atomic mass is 19.1. The maximum Gasteiger partial charge on any atom is 0.255 e. The van der Waals surface area contributed by atoms with E-state index < -0.39 is 5.95 Å². The predicted octanol–water partition coefficient (Wildman–Crippen LogP) is 1.30. The van der Waals surface area contributed by atoms with Gasteiger partial charge in [0.1, 0.15) is 0 Å². The molecule has 3 nitrogen and oxygen atoms in total. The summed E-state index contributed by atoms with van der Waals surface area (Å²) in [6, 6.07) is 4.89. The van der Waals surface area contributed by atoms with Gasteiger partial charge in [0.2, 0.25) is 0 Å². The van der Waals surface area contributed by atoms with E-state index in [0.717, 1.165) is 0 Å². The van der Waals surface area contributed by atoms with Crippen LogP contribution in [0.4, 0.5) is 4.39 Å². The van der Waals surface area contributed by atoms with Crippen LogP contribution < -0.4 is 4.74 Å². The molecule has 0 amide bonds. The monoisotopic (exact) mass is 166 g/mol. The van der Waals surface area contributed by atoms with E-state index in [9.17, 15) is 4.39 Å². The van der Waals surface area contributed by atoms with Gasteiger partial charge in [-0.3, -0.25) is 0 Å². The molecule has 0 unspecified atom stereocenters. The number of halogens is 1. The molecule has 1 rings (SSSR count). The Hall–Kier alpha value is -1.63. The second-order valence-corrected chi connectivity index (χ2v) is 2.13. The first-order chi connectivity index (χ1) is 5.77. The van der Waals surface area contributed by atoms with Crippen molar-refractivity contribution in [2.24, 2.45) is 0 Å². The fourth-order valence-corrected chi connectivity index (χ4v) is 0.791. The van der Waals surface area contributed by atoms with Crippen LogP contribution in [-0.4, -0.2) is 12.1 Å². The molecule has 0 aliphatic carbocycles. The molecule has 0 aromatic carbocycles. The van der Waals surface area contributed by atoms with Crippen molar-refractivity contribution in [1.29, 1.82) is 5.26 Å². The second kappa shape index (κ2) is 3.67. The van der Waals surface area contributed by atoms with Crippen molar-refractivity contribution < 1.29 is 9.13 Å². The third-order valence-electron chi connectivity index (χ3n) is 1.35. The van der Waals surface area contributed by atoms with Crippen molar-refractivity contribution in [1.82, 2.24) is 4.98 Å². The molecule has 0 bridgehead atoms. The third-order valence-corrected chi connectivity index (χ3v) is 1.35. The molecule has 0 aliphatic heterocycles. The molecule has 62 valence electrons. The zero-order valence-corrected chi connectivity index (χ0v) is 6.54. The number of methoxy groups -OCH3 is 1. The Bertz CT molecular complexity index is 319. The van der Waals surface area contributed by atoms with Gasteiger partial charge in [0.25, 0.3) is 5.95 Å². The summed E-state index contributed by atoms with van der Waals surface area (Å²) >= 11 is 0. The van der Waals surface area contributed by atoms with Gasteiger partial charge in [-0.1, -0.05) is 0 Å². The fraction of sp³-hybridized carbons (Fsp3) is 0.250. The van der Waals surface area contributed by atoms with Crippen molar-refractivity contribution in [3.05, 3.63) is 23.8 Å². The van der Waals surface area contributed by atoms with Gasteiger partial charge in [-0.05, 0) is 12.1 Å². The maximum absolute atomic E-state index is 12.8. The lowest BCUT2D eigenvalue weighted by molar-refractivity contribution is 0.377. The Morgan fingerprint density at radius 3 is 2.92 bits per heavy atom. The van der Waals surface area contributed by atoms with Crippen molar-refractivity contribution in [3.8, 4) is 11.8 Å². The largest absolute Gasteiger partial charge is 0.492 e. The lowest BCUT2D eigenvalue weighted by atomic mass is 10.3. The highest BCUT2D eigenvalue weighted by Crippen LogP contribution is 2.13. The second-order valence-electron chi connectivity index (χ2n) is 2.13. The van der Waals surface area contributed by atoms with Crippen LogP contribution in [-0.2, 0) is 6.42 Å². The number of ether oxygens (including phenoxy) is 1. The topological polar surface area (TPSA) is 45.9 Å². The molecular weight excluding hydrogens is 159 g/mol. The summed E-state index contributed by atoms with van der Waals surface area (Å²) in [6.07, 6.45) is 0.112. The van der Waals surface area contributed by atoms with Crippen LogP contribution in [0.25, 0.3) is 0 Å². The summed E-state index contributed by atoms with van der Waals surface area (Å²) in [7, 11) is 1.37. The molecule has 0 saturated heterocycles. The van der Waals surface area contributed by atoms with Crippen LogP contribution >= 0.6 is 0 Å². The van der Waals surface area contributed by atoms with Crippen LogP contribution in [0.3, 0.4) is 0 Å². The van der Waals surface area contributed by atoms with E-state index in [4.69, 9.17) is 5.26 Å². The summed E-state index contributed by atoms with van der Waals surface area (Å²) < 4.78 is 17.5. The van der Waals surface area contributed by atoms with Crippen molar-refractivity contribution in [2.45, 2.75) is 6.42 Å². The molecule has 1 aromatic heterocycles. The number of hydrogen-bond acceptors (Lipinski definition) is 3. The fourth-order valence-electron chi connectivity index (χ4n) is 0.791. The molecule has 0 spiro atoms. The summed E-state index contributed by atoms with van der Waals surface area (Å²) in [6.45, 7) is 0. The van der Waals surface area contributed by atoms with Gasteiger partial charge in [0.05, 0.1) is 25.3 Å². The van der Waals surface area contributed by atoms with Gasteiger partial charge in [-0.25, -0.2) is 4.98 Å². The quantitative estimate of drug-likeness (QED) is 0.622. The van der Waals surface area contributed by atoms with Gasteiger partial charge in [-0.2, -0.15) is 9.65 Å². The first-order valence-corrected chi connectivity index (χ1v) is 3.34. The van der Waals surface area contributed by atoms with Crippen LogP contribution in [0.5, 0.6) is 5.75 Å². The van der Waals surface area contributed by atoms with E-state index >= 15 is 0 Å². The Labute approximate surface area is 69.4 Å². The number of aromatic nitrogens is 1. The van der Waals surface area contributed by atoms with Crippen molar-refractivity contribution in [2.75, 3.05) is 7.11 Å². The SMILES string of the molecule is COc1ccc(CC#N)nc1F. The van der Waals surface area contributed by atoms with Gasteiger partial charge in [0.15, 0.2) is 5.75 Å². The molecule has 0 atom stereocenters. The third kappa shape index (κ3) is 1.70. The molecule has 1 aromatic rings. The summed E-state index contributed by atoms with van der Waals surface area (Å²) in [5, 5.41) is 8.29. The first-order valence-electron chi connectivity index (χ1n) is 3.34. The minimum absolute atomic E-state index is 0.0942. The molecule has 0 N–H and O–H groups in total. The van der Waals surface area contributed by atoms with E-state index in [-0.39, 0.29) is 12.2 Å². The number of nitrogens with zero attached hydrogens (tertiary/aromatic N) is 2. The zero-order chi connectivity index (χ0) is 8.97. The highest BCUT2D eigenvalue weighted by molar-refractivity contribution is 5.22. The molecular formula is C8H7FN2O. The summed E-state index contributed by atoms with van der Waals surface area (Å²) in [5.41, 5.74) is 0.413. The number of rotatable bonds is 2. The molecule has 1 heterocycles. The van der Waals surface area contributed by atoms with Crippen molar-refractivity contribution in [3.63, 3.8) is 0 Å². The standard InChI is InChI=1S/C8H7FN2O/c1-12-7-3-2-6(4-5-10)11-8(7)9/h2-3H,4H2,1H3. The first kappa shape index (κ1) is 8.47. The molecule has 0 aliphatic rings. The van der Waals surface area contributed by atoms with E-state index in [1.807, 2.05) is 6.07 Å². The Kier molecular flexibility index (Phi) is 2.59. The minimum atomic E-state index is -0.676. The van der Waals surface area contributed by atoms with E-state index in [0.29, 0.717) is 5.69 Å². The number of pyridine rings is 1. The predicted molar refractivity (Wildman–Crippen MR) is 40.1 cm³/mol. The average Bonchev–Trinajstić information content (AvgIpc) is 2.05. The molecule has 0 fully saturated rings. The van der Waals surface area contributed by atoms with Crippen LogP contribution in [0.15, 0.2) is 12.1 Å². The van der Waals surface area contributed by atoms with Crippen molar-refractivity contribution >= 4 is 0 Å². The Balaban J connectivity index is 2.95. The summed E-state index contributed by atoms with van der Waals surface area (Å²) in [5.74, 6) is -0.582. The minimum Gasteiger partial charge on any atom is -0.492 e. The van der Waals surface area contributed by atoms with Crippen LogP contribution in [0, 0.1) is 17.3 Å². The average molecular weight is 166 g/mol. The molecule has 0 radical (unpaired) electrons. The zero-order valence-electron chi connectivity index (χ0n) is 6.54. The van der Waals surface area contributed by atoms with Gasteiger partial charge < -0.3 is 4.74 Å². The Morgan fingerprint density at radius 2 is 2.42 bits per heavy atom. The molecule has 0 saturated carbocycles. The van der Waals surface area contributed by atoms with Gasteiger partial charge in [0, 0.05) is 0 Å². The van der Waals surface area contributed by atoms with Crippen LogP contribution in [0.2, 0.25) is 0 Å². The van der Waals surface area contributed by atoms with Gasteiger partial charge >= 0.3 is 0 Å². The normalized spacial score (nSPS) is 9.08. The summed E-state index contributed by atoms with van der Waals surface area (Å²) in [4.78, 5) is 3.52. The maximum atomic E-state index is 12.8. The number of hydrogen-bond donors (Lipinski definition) is 0. The lowest BCUT2D eigenvalue weighted by Crippen LogP contribution is -1.95. The van der Waals surface area contributed by atoms with E-state index in [2.05, 4.69) is 9.72 Å². The van der Waals surface area contributed by atoms with E-state index in [1.54, 1.807) is 6.07 Å². The Morgan fingerprint density at radius 1 is 1.67 bits per heavy atom.